The van der Waals surface area contributed by atoms with Crippen molar-refractivity contribution in [1.29, 1.82) is 0 Å². The molecule has 0 amide bonds. The first-order valence-electron chi connectivity index (χ1n) is 4.79. The minimum absolute atomic E-state index is 0.448. The highest BCUT2D eigenvalue weighted by Gasteiger charge is 2.02. The van der Waals surface area contributed by atoms with Crippen molar-refractivity contribution in [2.24, 2.45) is 0 Å². The molecular weight excluding hydrogens is 214 g/mol. The van der Waals surface area contributed by atoms with Crippen molar-refractivity contribution in [2.45, 2.75) is 13.1 Å². The molecule has 0 radical (unpaired) electrons. The minimum atomic E-state index is -0.833. The Morgan fingerprint density at radius 1 is 1.12 bits per heavy atom. The molecule has 1 heterocycles. The molecule has 5 heteroatoms. The van der Waals surface area contributed by atoms with Crippen LogP contribution in [0.5, 0.6) is 0 Å². The highest BCUT2D eigenvalue weighted by molar-refractivity contribution is 5.17. The van der Waals surface area contributed by atoms with E-state index >= 15 is 0 Å². The number of hydrogen-bond acceptors (Lipinski definition) is 3. The zero-order valence-corrected chi connectivity index (χ0v) is 8.41. The summed E-state index contributed by atoms with van der Waals surface area (Å²) in [6, 6.07) is 5.56. The van der Waals surface area contributed by atoms with E-state index in [0.29, 0.717) is 18.7 Å². The molecule has 0 saturated heterocycles. The molecule has 0 aliphatic carbocycles. The van der Waals surface area contributed by atoms with Crippen molar-refractivity contribution >= 4 is 0 Å². The molecule has 0 spiro atoms. The van der Waals surface area contributed by atoms with E-state index in [0.717, 1.165) is 11.8 Å². The molecule has 0 aliphatic rings. The Labute approximate surface area is 91.1 Å². The molecule has 1 N–H and O–H groups in total. The van der Waals surface area contributed by atoms with E-state index < -0.39 is 11.6 Å². The molecular formula is C11H10F2N2O. The second-order valence-corrected chi connectivity index (χ2v) is 3.34. The average Bonchev–Trinajstić information content (AvgIpc) is 2.76. The van der Waals surface area contributed by atoms with Gasteiger partial charge >= 0.3 is 0 Å². The van der Waals surface area contributed by atoms with Crippen LogP contribution in [-0.2, 0) is 13.1 Å². The van der Waals surface area contributed by atoms with Crippen LogP contribution in [0.25, 0.3) is 0 Å². The van der Waals surface area contributed by atoms with Gasteiger partial charge in [0.1, 0.15) is 6.26 Å². The van der Waals surface area contributed by atoms with Gasteiger partial charge in [0, 0.05) is 19.2 Å². The minimum Gasteiger partial charge on any atom is -0.364 e. The summed E-state index contributed by atoms with van der Waals surface area (Å²) in [6.07, 6.45) is 1.48. The van der Waals surface area contributed by atoms with E-state index in [4.69, 9.17) is 0 Å². The second kappa shape index (κ2) is 4.85. The van der Waals surface area contributed by atoms with Gasteiger partial charge in [0.25, 0.3) is 0 Å². The Kier molecular flexibility index (Phi) is 3.26. The largest absolute Gasteiger partial charge is 0.364 e. The van der Waals surface area contributed by atoms with Crippen molar-refractivity contribution in [3.05, 3.63) is 53.4 Å². The maximum Gasteiger partial charge on any atom is 0.159 e. The van der Waals surface area contributed by atoms with Gasteiger partial charge in [-0.1, -0.05) is 11.2 Å². The van der Waals surface area contributed by atoms with Crippen LogP contribution < -0.4 is 5.32 Å². The van der Waals surface area contributed by atoms with Crippen LogP contribution in [-0.4, -0.2) is 5.16 Å². The Morgan fingerprint density at radius 2 is 2.00 bits per heavy atom. The van der Waals surface area contributed by atoms with Gasteiger partial charge in [-0.2, -0.15) is 0 Å². The summed E-state index contributed by atoms with van der Waals surface area (Å²) in [7, 11) is 0. The van der Waals surface area contributed by atoms with Gasteiger partial charge in [-0.25, -0.2) is 8.78 Å². The van der Waals surface area contributed by atoms with Crippen LogP contribution in [0, 0.1) is 11.6 Å². The van der Waals surface area contributed by atoms with E-state index in [9.17, 15) is 8.78 Å². The third-order valence-electron chi connectivity index (χ3n) is 2.11. The van der Waals surface area contributed by atoms with E-state index in [1.165, 1.54) is 18.4 Å². The van der Waals surface area contributed by atoms with Gasteiger partial charge < -0.3 is 9.84 Å². The molecule has 2 rings (SSSR count). The second-order valence-electron chi connectivity index (χ2n) is 3.34. The van der Waals surface area contributed by atoms with Crippen LogP contribution in [0.15, 0.2) is 35.1 Å². The standard InChI is InChI=1S/C11H10F2N2O/c12-10-2-1-8(5-11(10)13)6-14-7-9-3-4-16-15-9/h1-5,14H,6-7H2. The lowest BCUT2D eigenvalue weighted by atomic mass is 10.2. The number of rotatable bonds is 4. The van der Waals surface area contributed by atoms with Crippen LogP contribution in [0.3, 0.4) is 0 Å². The van der Waals surface area contributed by atoms with Gasteiger partial charge in [0.15, 0.2) is 11.6 Å². The van der Waals surface area contributed by atoms with Crippen molar-refractivity contribution in [3.63, 3.8) is 0 Å². The molecule has 16 heavy (non-hydrogen) atoms. The van der Waals surface area contributed by atoms with Crippen molar-refractivity contribution in [1.82, 2.24) is 10.5 Å². The number of benzene rings is 1. The van der Waals surface area contributed by atoms with E-state index in [-0.39, 0.29) is 0 Å². The predicted octanol–water partition coefficient (Wildman–Crippen LogP) is 2.24. The summed E-state index contributed by atoms with van der Waals surface area (Å²) >= 11 is 0. The quantitative estimate of drug-likeness (QED) is 0.865. The fraction of sp³-hybridized carbons (Fsp3) is 0.182. The van der Waals surface area contributed by atoms with Gasteiger partial charge in [-0.15, -0.1) is 0 Å². The number of nitrogens with zero attached hydrogens (tertiary/aromatic N) is 1. The van der Waals surface area contributed by atoms with Crippen molar-refractivity contribution < 1.29 is 13.3 Å². The van der Waals surface area contributed by atoms with Crippen LogP contribution in [0.1, 0.15) is 11.3 Å². The topological polar surface area (TPSA) is 38.1 Å². The maximum absolute atomic E-state index is 12.8. The summed E-state index contributed by atoms with van der Waals surface area (Å²) in [5, 5.41) is 6.75. The Morgan fingerprint density at radius 3 is 2.69 bits per heavy atom. The van der Waals surface area contributed by atoms with E-state index in [1.807, 2.05) is 0 Å². The molecule has 0 saturated carbocycles. The first-order chi connectivity index (χ1) is 7.75. The number of aromatic nitrogens is 1. The van der Waals surface area contributed by atoms with Crippen molar-refractivity contribution in [2.75, 3.05) is 0 Å². The summed E-state index contributed by atoms with van der Waals surface area (Å²) in [4.78, 5) is 0. The zero-order valence-electron chi connectivity index (χ0n) is 8.41. The van der Waals surface area contributed by atoms with E-state index in [1.54, 1.807) is 6.07 Å². The third-order valence-corrected chi connectivity index (χ3v) is 2.11. The molecule has 2 aromatic rings. The normalized spacial score (nSPS) is 10.6. The Bertz CT molecular complexity index is 457. The average molecular weight is 224 g/mol. The lowest BCUT2D eigenvalue weighted by Gasteiger charge is -2.03. The number of nitrogens with one attached hydrogen (secondary N) is 1. The SMILES string of the molecule is Fc1ccc(CNCc2ccon2)cc1F. The number of halogens is 2. The van der Waals surface area contributed by atoms with Gasteiger partial charge in [0.2, 0.25) is 0 Å². The predicted molar refractivity (Wildman–Crippen MR) is 53.4 cm³/mol. The zero-order chi connectivity index (χ0) is 11.4. The maximum atomic E-state index is 12.8. The summed E-state index contributed by atoms with van der Waals surface area (Å²) in [6.45, 7) is 0.972. The highest BCUT2D eigenvalue weighted by atomic mass is 19.2. The summed E-state index contributed by atoms with van der Waals surface area (Å²) in [5.74, 6) is -1.67. The lowest BCUT2D eigenvalue weighted by Crippen LogP contribution is -2.13. The van der Waals surface area contributed by atoms with Crippen LogP contribution in [0.2, 0.25) is 0 Å². The fourth-order valence-electron chi connectivity index (χ4n) is 1.31. The molecule has 1 aromatic carbocycles. The molecule has 0 aliphatic heterocycles. The first-order valence-corrected chi connectivity index (χ1v) is 4.79. The van der Waals surface area contributed by atoms with Crippen LogP contribution in [0.4, 0.5) is 8.78 Å². The van der Waals surface area contributed by atoms with Gasteiger partial charge in [-0.3, -0.25) is 0 Å². The highest BCUT2D eigenvalue weighted by Crippen LogP contribution is 2.08. The molecule has 1 aromatic heterocycles. The Balaban J connectivity index is 1.87. The van der Waals surface area contributed by atoms with Gasteiger partial charge in [0.05, 0.1) is 5.69 Å². The smallest absolute Gasteiger partial charge is 0.159 e. The first kappa shape index (κ1) is 10.8. The van der Waals surface area contributed by atoms with Crippen LogP contribution >= 0.6 is 0 Å². The Hall–Kier alpha value is -1.75. The summed E-state index contributed by atoms with van der Waals surface area (Å²) < 4.78 is 30.1. The third kappa shape index (κ3) is 2.64. The molecule has 0 fully saturated rings. The molecule has 0 bridgehead atoms. The molecule has 84 valence electrons. The van der Waals surface area contributed by atoms with Gasteiger partial charge in [-0.05, 0) is 17.7 Å². The van der Waals surface area contributed by atoms with Crippen molar-refractivity contribution in [3.8, 4) is 0 Å². The fourth-order valence-corrected chi connectivity index (χ4v) is 1.31. The molecule has 3 nitrogen and oxygen atoms in total. The lowest BCUT2D eigenvalue weighted by molar-refractivity contribution is 0.408. The molecule has 0 unspecified atom stereocenters. The summed E-state index contributed by atoms with van der Waals surface area (Å²) in [5.41, 5.74) is 1.45. The van der Waals surface area contributed by atoms with E-state index in [2.05, 4.69) is 15.0 Å². The number of hydrogen-bond donors (Lipinski definition) is 1. The monoisotopic (exact) mass is 224 g/mol. The molecule has 0 atom stereocenters.